The van der Waals surface area contributed by atoms with Crippen molar-refractivity contribution in [1.29, 1.82) is 0 Å². The number of halogens is 1. The molecule has 92 valence electrons. The first-order valence-electron chi connectivity index (χ1n) is 4.52. The van der Waals surface area contributed by atoms with Crippen molar-refractivity contribution in [2.45, 2.75) is 5.25 Å². The van der Waals surface area contributed by atoms with E-state index < -0.39 is 23.1 Å². The Bertz CT molecular complexity index is 409. The zero-order chi connectivity index (χ0) is 12.8. The van der Waals surface area contributed by atoms with Crippen LogP contribution in [0.3, 0.4) is 0 Å². The van der Waals surface area contributed by atoms with Crippen molar-refractivity contribution in [1.82, 2.24) is 4.72 Å². The number of carboxylic acids is 1. The lowest BCUT2D eigenvalue weighted by Gasteiger charge is -2.12. The highest BCUT2D eigenvalue weighted by molar-refractivity contribution is 7.98. The maximum Gasteiger partial charge on any atom is 0.416 e. The second-order valence-corrected chi connectivity index (χ2v) is 3.89. The number of aliphatic carboxylic acids is 1. The first kappa shape index (κ1) is 13.3. The number of rotatable bonds is 4. The third-order valence-corrected chi connectivity index (χ3v) is 2.84. The lowest BCUT2D eigenvalue weighted by molar-refractivity contribution is -0.136. The smallest absolute Gasteiger partial charge is 0.416 e. The first-order valence-corrected chi connectivity index (χ1v) is 5.40. The van der Waals surface area contributed by atoms with E-state index in [2.05, 4.69) is 9.46 Å². The predicted molar refractivity (Wildman–Crippen MR) is 59.9 cm³/mol. The zero-order valence-corrected chi connectivity index (χ0v) is 9.66. The first-order chi connectivity index (χ1) is 8.04. The van der Waals surface area contributed by atoms with E-state index in [1.807, 2.05) is 0 Å². The summed E-state index contributed by atoms with van der Waals surface area (Å²) in [5.41, 5.74) is 0.375. The molecular weight excluding hydrogens is 249 g/mol. The van der Waals surface area contributed by atoms with Crippen LogP contribution < -0.4 is 4.72 Å². The number of carbonyl (C=O) groups excluding carboxylic acids is 1. The summed E-state index contributed by atoms with van der Waals surface area (Å²) in [6.45, 7) is 0. The van der Waals surface area contributed by atoms with Gasteiger partial charge in [0.05, 0.1) is 7.11 Å². The Morgan fingerprint density at radius 3 is 2.47 bits per heavy atom. The van der Waals surface area contributed by atoms with Crippen LogP contribution in [0.5, 0.6) is 0 Å². The van der Waals surface area contributed by atoms with Gasteiger partial charge in [0, 0.05) is 0 Å². The van der Waals surface area contributed by atoms with Crippen molar-refractivity contribution in [3.63, 3.8) is 0 Å². The number of nitrogens with one attached hydrogen (secondary N) is 1. The van der Waals surface area contributed by atoms with Gasteiger partial charge in [-0.3, -0.25) is 9.52 Å². The minimum Gasteiger partial charge on any atom is -0.480 e. The number of amides is 1. The van der Waals surface area contributed by atoms with Gasteiger partial charge in [-0.1, -0.05) is 12.1 Å². The van der Waals surface area contributed by atoms with Gasteiger partial charge < -0.3 is 9.84 Å². The molecule has 0 bridgehead atoms. The summed E-state index contributed by atoms with van der Waals surface area (Å²) >= 11 is 0.675. The Morgan fingerprint density at radius 2 is 2.00 bits per heavy atom. The van der Waals surface area contributed by atoms with E-state index in [1.165, 1.54) is 19.2 Å². The van der Waals surface area contributed by atoms with Crippen LogP contribution in [-0.2, 0) is 9.53 Å². The van der Waals surface area contributed by atoms with E-state index in [1.54, 1.807) is 0 Å². The molecule has 0 radical (unpaired) electrons. The Morgan fingerprint density at radius 1 is 1.41 bits per heavy atom. The van der Waals surface area contributed by atoms with Crippen molar-refractivity contribution in [3.05, 3.63) is 35.6 Å². The van der Waals surface area contributed by atoms with Crippen LogP contribution in [0.4, 0.5) is 9.18 Å². The van der Waals surface area contributed by atoms with Gasteiger partial charge >= 0.3 is 12.1 Å². The van der Waals surface area contributed by atoms with E-state index in [0.717, 1.165) is 12.1 Å². The third-order valence-electron chi connectivity index (χ3n) is 1.84. The molecule has 1 rings (SSSR count). The van der Waals surface area contributed by atoms with E-state index in [9.17, 15) is 14.0 Å². The minimum absolute atomic E-state index is 0.375. The van der Waals surface area contributed by atoms with Gasteiger partial charge in [0.15, 0.2) is 0 Å². The van der Waals surface area contributed by atoms with Crippen molar-refractivity contribution in [3.8, 4) is 0 Å². The molecule has 0 unspecified atom stereocenters. The molecule has 0 aromatic heterocycles. The van der Waals surface area contributed by atoms with Crippen molar-refractivity contribution < 1.29 is 23.8 Å². The second-order valence-electron chi connectivity index (χ2n) is 2.98. The maximum absolute atomic E-state index is 12.7. The van der Waals surface area contributed by atoms with E-state index in [-0.39, 0.29) is 0 Å². The quantitative estimate of drug-likeness (QED) is 0.808. The fourth-order valence-corrected chi connectivity index (χ4v) is 1.74. The van der Waals surface area contributed by atoms with Gasteiger partial charge in [0.1, 0.15) is 11.1 Å². The van der Waals surface area contributed by atoms with Crippen molar-refractivity contribution in [2.24, 2.45) is 0 Å². The highest BCUT2D eigenvalue weighted by Gasteiger charge is 2.21. The molecule has 0 saturated carbocycles. The predicted octanol–water partition coefficient (Wildman–Crippen LogP) is 1.96. The molecule has 0 aliphatic rings. The molecule has 17 heavy (non-hydrogen) atoms. The van der Waals surface area contributed by atoms with Gasteiger partial charge in [-0.05, 0) is 29.6 Å². The average Bonchev–Trinajstić information content (AvgIpc) is 2.31. The van der Waals surface area contributed by atoms with Crippen LogP contribution in [0, 0.1) is 5.82 Å². The monoisotopic (exact) mass is 259 g/mol. The normalized spacial score (nSPS) is 11.6. The molecule has 0 heterocycles. The molecular formula is C10H10FNO4S. The molecule has 1 amide bonds. The summed E-state index contributed by atoms with van der Waals surface area (Å²) in [6.07, 6.45) is -0.747. The molecule has 1 aromatic carbocycles. The number of benzene rings is 1. The van der Waals surface area contributed by atoms with Gasteiger partial charge in [-0.2, -0.15) is 0 Å². The average molecular weight is 259 g/mol. The summed E-state index contributed by atoms with van der Waals surface area (Å²) in [4.78, 5) is 21.8. The highest BCUT2D eigenvalue weighted by Crippen LogP contribution is 2.26. The summed E-state index contributed by atoms with van der Waals surface area (Å²) in [6, 6.07) is 5.01. The van der Waals surface area contributed by atoms with Crippen LogP contribution in [0.2, 0.25) is 0 Å². The summed E-state index contributed by atoms with van der Waals surface area (Å²) in [7, 11) is 1.17. The summed E-state index contributed by atoms with van der Waals surface area (Å²) in [5, 5.41) is 7.96. The van der Waals surface area contributed by atoms with Gasteiger partial charge in [-0.25, -0.2) is 9.18 Å². The largest absolute Gasteiger partial charge is 0.480 e. The fourth-order valence-electron chi connectivity index (χ4n) is 1.05. The summed E-state index contributed by atoms with van der Waals surface area (Å²) in [5.74, 6) is -1.60. The number of hydrogen-bond donors (Lipinski definition) is 2. The van der Waals surface area contributed by atoms with E-state index in [0.29, 0.717) is 17.5 Å². The number of ether oxygens (including phenoxy) is 1. The maximum atomic E-state index is 12.7. The molecule has 1 aromatic rings. The molecule has 0 spiro atoms. The Kier molecular flexibility index (Phi) is 4.77. The van der Waals surface area contributed by atoms with Crippen LogP contribution in [0.15, 0.2) is 24.3 Å². The molecule has 0 aliphatic heterocycles. The number of carbonyl (C=O) groups is 2. The van der Waals surface area contributed by atoms with Crippen LogP contribution in [0.25, 0.3) is 0 Å². The molecule has 0 saturated heterocycles. The number of hydrogen-bond acceptors (Lipinski definition) is 4. The molecule has 5 nitrogen and oxygen atoms in total. The Labute approximate surface area is 101 Å². The fraction of sp³-hybridized carbons (Fsp3) is 0.200. The lowest BCUT2D eigenvalue weighted by Crippen LogP contribution is -2.20. The molecule has 2 N–H and O–H groups in total. The highest BCUT2D eigenvalue weighted by atomic mass is 32.2. The number of carboxylic acid groups (broad SMARTS) is 1. The SMILES string of the molecule is COC(=O)NS[C@H](C(=O)O)c1ccc(F)cc1. The molecule has 7 heteroatoms. The zero-order valence-electron chi connectivity index (χ0n) is 8.84. The van der Waals surface area contributed by atoms with Crippen LogP contribution in [0.1, 0.15) is 10.8 Å². The lowest BCUT2D eigenvalue weighted by atomic mass is 10.1. The van der Waals surface area contributed by atoms with Crippen LogP contribution in [-0.4, -0.2) is 24.3 Å². The Hall–Kier alpha value is -1.76. The van der Waals surface area contributed by atoms with E-state index >= 15 is 0 Å². The third kappa shape index (κ3) is 3.95. The van der Waals surface area contributed by atoms with Gasteiger partial charge in [0.2, 0.25) is 0 Å². The van der Waals surface area contributed by atoms with Gasteiger partial charge in [-0.15, -0.1) is 0 Å². The van der Waals surface area contributed by atoms with Gasteiger partial charge in [0.25, 0.3) is 0 Å². The van der Waals surface area contributed by atoms with Crippen molar-refractivity contribution >= 4 is 24.0 Å². The van der Waals surface area contributed by atoms with E-state index in [4.69, 9.17) is 5.11 Å². The Balaban J connectivity index is 2.75. The molecule has 1 atom stereocenters. The molecule has 0 fully saturated rings. The molecule has 0 aliphatic carbocycles. The van der Waals surface area contributed by atoms with Crippen LogP contribution >= 0.6 is 11.9 Å². The number of methoxy groups -OCH3 is 1. The topological polar surface area (TPSA) is 75.6 Å². The summed E-state index contributed by atoms with van der Waals surface area (Å²) < 4.78 is 19.2. The standard InChI is InChI=1S/C10H10FNO4S/c1-16-10(15)12-17-8(9(13)14)6-2-4-7(11)5-3-6/h2-5,8H,1H3,(H,12,15)(H,13,14)/t8-/m0/s1. The minimum atomic E-state index is -1.14. The van der Waals surface area contributed by atoms with Crippen molar-refractivity contribution in [2.75, 3.05) is 7.11 Å². The second kappa shape index (κ2) is 6.09.